The molecule has 0 atom stereocenters. The van der Waals surface area contributed by atoms with Crippen molar-refractivity contribution in [2.24, 2.45) is 0 Å². The third-order valence-corrected chi connectivity index (χ3v) is 3.28. The minimum Gasteiger partial charge on any atom is -0.258 e. The molecule has 0 unspecified atom stereocenters. The lowest BCUT2D eigenvalue weighted by Gasteiger charge is -1.99. The standard InChI is InChI=1S/C14H10ClN5O2/c15-12-5-1-10(2-6-12)9-19-17-14(16-18-19)11-3-7-13(8-4-11)20(21)22/h1-8H,9H2. The van der Waals surface area contributed by atoms with E-state index in [2.05, 4.69) is 15.4 Å². The van der Waals surface area contributed by atoms with Crippen molar-refractivity contribution in [3.05, 3.63) is 69.2 Å². The first-order chi connectivity index (χ1) is 10.6. The van der Waals surface area contributed by atoms with E-state index >= 15 is 0 Å². The maximum atomic E-state index is 10.6. The second-order valence-electron chi connectivity index (χ2n) is 4.57. The van der Waals surface area contributed by atoms with Gasteiger partial charge in [0.05, 0.1) is 11.5 Å². The molecule has 110 valence electrons. The van der Waals surface area contributed by atoms with Crippen LogP contribution < -0.4 is 0 Å². The van der Waals surface area contributed by atoms with Crippen molar-refractivity contribution in [1.82, 2.24) is 20.2 Å². The lowest BCUT2D eigenvalue weighted by molar-refractivity contribution is -0.384. The summed E-state index contributed by atoms with van der Waals surface area (Å²) in [5, 5.41) is 23.5. The molecule has 1 heterocycles. The number of tetrazole rings is 1. The molecule has 0 fully saturated rings. The predicted octanol–water partition coefficient (Wildman–Crippen LogP) is 2.95. The van der Waals surface area contributed by atoms with Crippen molar-refractivity contribution in [1.29, 1.82) is 0 Å². The van der Waals surface area contributed by atoms with Crippen LogP contribution >= 0.6 is 11.6 Å². The van der Waals surface area contributed by atoms with Crippen molar-refractivity contribution < 1.29 is 4.92 Å². The molecule has 0 spiro atoms. The summed E-state index contributed by atoms with van der Waals surface area (Å²) >= 11 is 5.84. The molecule has 3 aromatic rings. The quantitative estimate of drug-likeness (QED) is 0.545. The molecule has 7 nitrogen and oxygen atoms in total. The van der Waals surface area contributed by atoms with Gasteiger partial charge in [-0.05, 0) is 35.0 Å². The van der Waals surface area contributed by atoms with Gasteiger partial charge in [-0.3, -0.25) is 10.1 Å². The number of nitro benzene ring substituents is 1. The number of non-ortho nitro benzene ring substituents is 1. The summed E-state index contributed by atoms with van der Waals surface area (Å²) in [5.41, 5.74) is 1.70. The molecule has 0 aliphatic rings. The van der Waals surface area contributed by atoms with E-state index in [4.69, 9.17) is 11.6 Å². The zero-order chi connectivity index (χ0) is 15.5. The van der Waals surface area contributed by atoms with Gasteiger partial charge in [0.2, 0.25) is 5.82 Å². The highest BCUT2D eigenvalue weighted by atomic mass is 35.5. The number of halogens is 1. The normalized spacial score (nSPS) is 10.6. The summed E-state index contributed by atoms with van der Waals surface area (Å²) in [4.78, 5) is 11.6. The third-order valence-electron chi connectivity index (χ3n) is 3.03. The molecule has 0 aliphatic carbocycles. The number of nitrogens with zero attached hydrogens (tertiary/aromatic N) is 5. The second-order valence-corrected chi connectivity index (χ2v) is 5.01. The molecule has 0 saturated carbocycles. The third kappa shape index (κ3) is 3.09. The fourth-order valence-electron chi connectivity index (χ4n) is 1.91. The smallest absolute Gasteiger partial charge is 0.258 e. The first-order valence-corrected chi connectivity index (χ1v) is 6.77. The number of hydrogen-bond donors (Lipinski definition) is 0. The van der Waals surface area contributed by atoms with Crippen LogP contribution in [0.1, 0.15) is 5.56 Å². The van der Waals surface area contributed by atoms with Gasteiger partial charge in [0.1, 0.15) is 0 Å². The molecular formula is C14H10ClN5O2. The Labute approximate surface area is 130 Å². The SMILES string of the molecule is O=[N+]([O-])c1ccc(-c2nnn(Cc3ccc(Cl)cc3)n2)cc1. The van der Waals surface area contributed by atoms with Gasteiger partial charge in [-0.15, -0.1) is 10.2 Å². The van der Waals surface area contributed by atoms with Crippen LogP contribution in [0, 0.1) is 10.1 Å². The Morgan fingerprint density at radius 1 is 1.09 bits per heavy atom. The van der Waals surface area contributed by atoms with Crippen LogP contribution in [0.3, 0.4) is 0 Å². The summed E-state index contributed by atoms with van der Waals surface area (Å²) in [6, 6.07) is 13.4. The Kier molecular flexibility index (Phi) is 3.80. The van der Waals surface area contributed by atoms with Gasteiger partial charge in [-0.25, -0.2) is 0 Å². The Morgan fingerprint density at radius 3 is 2.41 bits per heavy atom. The Hall–Kier alpha value is -2.80. The molecule has 1 aromatic heterocycles. The van der Waals surface area contributed by atoms with Gasteiger partial charge < -0.3 is 0 Å². The molecule has 0 aliphatic heterocycles. The molecule has 0 amide bonds. The zero-order valence-electron chi connectivity index (χ0n) is 11.3. The van der Waals surface area contributed by atoms with Gasteiger partial charge in [0.25, 0.3) is 5.69 Å². The zero-order valence-corrected chi connectivity index (χ0v) is 12.0. The van der Waals surface area contributed by atoms with Crippen LogP contribution in [-0.2, 0) is 6.54 Å². The van der Waals surface area contributed by atoms with E-state index in [-0.39, 0.29) is 5.69 Å². The number of aromatic nitrogens is 4. The lowest BCUT2D eigenvalue weighted by atomic mass is 10.2. The monoisotopic (exact) mass is 315 g/mol. The molecule has 0 bridgehead atoms. The summed E-state index contributed by atoms with van der Waals surface area (Å²) < 4.78 is 0. The largest absolute Gasteiger partial charge is 0.269 e. The van der Waals surface area contributed by atoms with Gasteiger partial charge in [0, 0.05) is 22.7 Å². The molecule has 0 radical (unpaired) electrons. The van der Waals surface area contributed by atoms with E-state index < -0.39 is 4.92 Å². The average molecular weight is 316 g/mol. The van der Waals surface area contributed by atoms with Gasteiger partial charge in [-0.2, -0.15) is 4.80 Å². The molecule has 0 N–H and O–H groups in total. The molecule has 8 heteroatoms. The summed E-state index contributed by atoms with van der Waals surface area (Å²) in [6.07, 6.45) is 0. The number of nitro groups is 1. The highest BCUT2D eigenvalue weighted by molar-refractivity contribution is 6.30. The van der Waals surface area contributed by atoms with E-state index in [0.717, 1.165) is 5.56 Å². The summed E-state index contributed by atoms with van der Waals surface area (Å²) in [6.45, 7) is 0.469. The minimum atomic E-state index is -0.450. The highest BCUT2D eigenvalue weighted by Crippen LogP contribution is 2.18. The summed E-state index contributed by atoms with van der Waals surface area (Å²) in [7, 11) is 0. The van der Waals surface area contributed by atoms with Crippen molar-refractivity contribution in [3.8, 4) is 11.4 Å². The fraction of sp³-hybridized carbons (Fsp3) is 0.0714. The van der Waals surface area contributed by atoms with Gasteiger partial charge in [-0.1, -0.05) is 23.7 Å². The van der Waals surface area contributed by atoms with E-state index in [1.54, 1.807) is 24.3 Å². The molecule has 22 heavy (non-hydrogen) atoms. The van der Waals surface area contributed by atoms with Crippen LogP contribution in [0.4, 0.5) is 5.69 Å². The lowest BCUT2D eigenvalue weighted by Crippen LogP contribution is -2.03. The maximum Gasteiger partial charge on any atom is 0.269 e. The van der Waals surface area contributed by atoms with Crippen molar-refractivity contribution in [3.63, 3.8) is 0 Å². The van der Waals surface area contributed by atoms with Crippen molar-refractivity contribution in [2.45, 2.75) is 6.54 Å². The average Bonchev–Trinajstić information content (AvgIpc) is 2.98. The Balaban J connectivity index is 1.78. The molecule has 2 aromatic carbocycles. The topological polar surface area (TPSA) is 86.7 Å². The van der Waals surface area contributed by atoms with Crippen LogP contribution in [0.15, 0.2) is 48.5 Å². The number of benzene rings is 2. The van der Waals surface area contributed by atoms with Crippen LogP contribution in [0.25, 0.3) is 11.4 Å². The van der Waals surface area contributed by atoms with Crippen molar-refractivity contribution >= 4 is 17.3 Å². The van der Waals surface area contributed by atoms with E-state index in [1.807, 2.05) is 12.1 Å². The van der Waals surface area contributed by atoms with E-state index in [0.29, 0.717) is 23.0 Å². The van der Waals surface area contributed by atoms with Gasteiger partial charge >= 0.3 is 0 Å². The number of hydrogen-bond acceptors (Lipinski definition) is 5. The molecule has 3 rings (SSSR count). The molecular weight excluding hydrogens is 306 g/mol. The number of rotatable bonds is 4. The Bertz CT molecular complexity index is 799. The predicted molar refractivity (Wildman–Crippen MR) is 80.5 cm³/mol. The Morgan fingerprint density at radius 2 is 1.77 bits per heavy atom. The first-order valence-electron chi connectivity index (χ1n) is 6.39. The fourth-order valence-corrected chi connectivity index (χ4v) is 2.04. The molecule has 0 saturated heterocycles. The first kappa shape index (κ1) is 14.2. The summed E-state index contributed by atoms with van der Waals surface area (Å²) in [5.74, 6) is 0.420. The van der Waals surface area contributed by atoms with E-state index in [9.17, 15) is 10.1 Å². The van der Waals surface area contributed by atoms with E-state index in [1.165, 1.54) is 16.9 Å². The van der Waals surface area contributed by atoms with Crippen LogP contribution in [0.5, 0.6) is 0 Å². The minimum absolute atomic E-state index is 0.0253. The second kappa shape index (κ2) is 5.90. The van der Waals surface area contributed by atoms with Crippen molar-refractivity contribution in [2.75, 3.05) is 0 Å². The highest BCUT2D eigenvalue weighted by Gasteiger charge is 2.09. The maximum absolute atomic E-state index is 10.6. The van der Waals surface area contributed by atoms with Gasteiger partial charge in [0.15, 0.2) is 0 Å². The van der Waals surface area contributed by atoms with Crippen LogP contribution in [-0.4, -0.2) is 25.1 Å². The van der Waals surface area contributed by atoms with Crippen LogP contribution in [0.2, 0.25) is 5.02 Å².